The number of carbonyl (C=O) groups is 2. The van der Waals surface area contributed by atoms with Crippen LogP contribution < -0.4 is 0 Å². The molecule has 0 bridgehead atoms. The van der Waals surface area contributed by atoms with Crippen molar-refractivity contribution in [1.29, 1.82) is 0 Å². The summed E-state index contributed by atoms with van der Waals surface area (Å²) in [5, 5.41) is 13.8. The zero-order chi connectivity index (χ0) is 16.7. The zero-order valence-corrected chi connectivity index (χ0v) is 13.4. The van der Waals surface area contributed by atoms with E-state index in [1.165, 1.54) is 4.90 Å². The number of nitrogens with zero attached hydrogens (tertiary/aromatic N) is 4. The normalized spacial score (nSPS) is 19.4. The third-order valence-electron chi connectivity index (χ3n) is 4.11. The van der Waals surface area contributed by atoms with Crippen LogP contribution in [0, 0.1) is 0 Å². The molecule has 0 radical (unpaired) electrons. The highest BCUT2D eigenvalue weighted by Gasteiger charge is 2.33. The Kier molecular flexibility index (Phi) is 3.71. The summed E-state index contributed by atoms with van der Waals surface area (Å²) < 4.78 is 1.69. The Balaban J connectivity index is 2.08. The van der Waals surface area contributed by atoms with E-state index >= 15 is 0 Å². The van der Waals surface area contributed by atoms with Gasteiger partial charge in [0.2, 0.25) is 5.78 Å². The molecule has 0 aliphatic carbocycles. The van der Waals surface area contributed by atoms with Crippen molar-refractivity contribution in [3.05, 3.63) is 40.9 Å². The Bertz CT molecular complexity index is 730. The summed E-state index contributed by atoms with van der Waals surface area (Å²) in [5.41, 5.74) is 3.65. The van der Waals surface area contributed by atoms with Crippen molar-refractivity contribution in [3.8, 4) is 0 Å². The molecule has 0 aromatic carbocycles. The minimum atomic E-state index is -0.967. The lowest BCUT2D eigenvalue weighted by atomic mass is 9.98. The largest absolute Gasteiger partial charge is 0.465 e. The van der Waals surface area contributed by atoms with Crippen molar-refractivity contribution in [2.75, 3.05) is 20.6 Å². The van der Waals surface area contributed by atoms with Gasteiger partial charge in [0.15, 0.2) is 0 Å². The van der Waals surface area contributed by atoms with Gasteiger partial charge >= 0.3 is 6.09 Å². The van der Waals surface area contributed by atoms with Crippen molar-refractivity contribution in [2.24, 2.45) is 0 Å². The number of carboxylic acid groups (broad SMARTS) is 1. The molecule has 2 aliphatic heterocycles. The van der Waals surface area contributed by atoms with E-state index < -0.39 is 6.09 Å². The number of carbonyl (C=O) groups excluding carboxylic acids is 1. The summed E-state index contributed by atoms with van der Waals surface area (Å²) >= 11 is 0. The summed E-state index contributed by atoms with van der Waals surface area (Å²) in [4.78, 5) is 27.4. The van der Waals surface area contributed by atoms with E-state index in [2.05, 4.69) is 11.7 Å². The monoisotopic (exact) mass is 316 g/mol. The van der Waals surface area contributed by atoms with Gasteiger partial charge < -0.3 is 14.9 Å². The molecule has 1 aromatic rings. The molecule has 1 amide bonds. The van der Waals surface area contributed by atoms with Gasteiger partial charge in [0.1, 0.15) is 5.69 Å². The highest BCUT2D eigenvalue weighted by atomic mass is 16.4. The highest BCUT2D eigenvalue weighted by Crippen LogP contribution is 2.29. The fourth-order valence-corrected chi connectivity index (χ4v) is 3.14. The minimum absolute atomic E-state index is 0.0849. The Hall–Kier alpha value is -2.57. The molecule has 0 saturated carbocycles. The molecule has 3 rings (SSSR count). The number of amides is 1. The summed E-state index contributed by atoms with van der Waals surface area (Å²) in [6.07, 6.45) is 1.89. The maximum Gasteiger partial charge on any atom is 0.407 e. The third-order valence-corrected chi connectivity index (χ3v) is 4.11. The second-order valence-electron chi connectivity index (χ2n) is 6.26. The van der Waals surface area contributed by atoms with E-state index in [0.717, 1.165) is 16.8 Å². The standard InChI is InChI=1S/C16H20N4O3/c1-10-6-11(8-18(2)3)15(21)14-12-9-19(16(22)23)5-4-13(12)17-20(14)7-10/h8H,1,4-7,9H2,2-3H3,(H,22,23)/b11-8-. The molecule has 0 unspecified atom stereocenters. The van der Waals surface area contributed by atoms with E-state index in [-0.39, 0.29) is 12.3 Å². The van der Waals surface area contributed by atoms with Crippen LogP contribution in [0.15, 0.2) is 23.9 Å². The average molecular weight is 316 g/mol. The Morgan fingerprint density at radius 2 is 2.13 bits per heavy atom. The quantitative estimate of drug-likeness (QED) is 0.627. The predicted molar refractivity (Wildman–Crippen MR) is 84.2 cm³/mol. The van der Waals surface area contributed by atoms with Crippen LogP contribution in [0.4, 0.5) is 4.79 Å². The number of rotatable bonds is 1. The van der Waals surface area contributed by atoms with Crippen LogP contribution in [0.3, 0.4) is 0 Å². The summed E-state index contributed by atoms with van der Waals surface area (Å²) in [7, 11) is 3.74. The molecule has 122 valence electrons. The van der Waals surface area contributed by atoms with Crippen molar-refractivity contribution in [3.63, 3.8) is 0 Å². The highest BCUT2D eigenvalue weighted by molar-refractivity contribution is 6.09. The summed E-state index contributed by atoms with van der Waals surface area (Å²) in [5.74, 6) is -0.0849. The number of hydrogen-bond acceptors (Lipinski definition) is 4. The number of fused-ring (bicyclic) bond motifs is 3. The zero-order valence-electron chi connectivity index (χ0n) is 13.4. The van der Waals surface area contributed by atoms with Gasteiger partial charge in [0, 0.05) is 50.8 Å². The van der Waals surface area contributed by atoms with Gasteiger partial charge in [-0.05, 0) is 0 Å². The smallest absolute Gasteiger partial charge is 0.407 e. The van der Waals surface area contributed by atoms with Crippen molar-refractivity contribution < 1.29 is 14.7 Å². The average Bonchev–Trinajstić information content (AvgIpc) is 2.76. The van der Waals surface area contributed by atoms with E-state index in [1.54, 1.807) is 10.9 Å². The second kappa shape index (κ2) is 5.57. The third kappa shape index (κ3) is 2.74. The predicted octanol–water partition coefficient (Wildman–Crippen LogP) is 1.51. The van der Waals surface area contributed by atoms with Gasteiger partial charge in [-0.25, -0.2) is 4.79 Å². The number of aromatic nitrogens is 2. The van der Waals surface area contributed by atoms with Gasteiger partial charge in [-0.2, -0.15) is 5.10 Å². The molecule has 3 heterocycles. The molecule has 0 fully saturated rings. The molecular formula is C16H20N4O3. The fourth-order valence-electron chi connectivity index (χ4n) is 3.14. The van der Waals surface area contributed by atoms with Crippen LogP contribution in [0.25, 0.3) is 0 Å². The van der Waals surface area contributed by atoms with Crippen molar-refractivity contribution in [1.82, 2.24) is 19.6 Å². The topological polar surface area (TPSA) is 78.7 Å². The molecular weight excluding hydrogens is 296 g/mol. The lowest BCUT2D eigenvalue weighted by Crippen LogP contribution is -2.35. The maximum absolute atomic E-state index is 13.0. The van der Waals surface area contributed by atoms with E-state index in [4.69, 9.17) is 0 Å². The summed E-state index contributed by atoms with van der Waals surface area (Å²) in [6.45, 7) is 5.16. The van der Waals surface area contributed by atoms with Crippen LogP contribution in [0.1, 0.15) is 28.2 Å². The van der Waals surface area contributed by atoms with Crippen LogP contribution >= 0.6 is 0 Å². The van der Waals surface area contributed by atoms with E-state index in [0.29, 0.717) is 37.2 Å². The molecule has 0 spiro atoms. The van der Waals surface area contributed by atoms with Gasteiger partial charge in [-0.3, -0.25) is 9.48 Å². The van der Waals surface area contributed by atoms with Gasteiger partial charge in [0.05, 0.1) is 18.8 Å². The maximum atomic E-state index is 13.0. The lowest BCUT2D eigenvalue weighted by molar-refractivity contribution is 0.101. The van der Waals surface area contributed by atoms with Crippen molar-refractivity contribution >= 4 is 11.9 Å². The van der Waals surface area contributed by atoms with Crippen LogP contribution in [-0.4, -0.2) is 57.2 Å². The van der Waals surface area contributed by atoms with Crippen molar-refractivity contribution in [2.45, 2.75) is 25.9 Å². The SMILES string of the molecule is C=C1C/C(=C/N(C)C)C(=O)c2c3c(nn2C1)CCN(C(=O)O)C3. The number of Topliss-reactive ketones (excluding diaryl/α,β-unsaturated/α-hetero) is 1. The Labute approximate surface area is 134 Å². The molecule has 7 heteroatoms. The van der Waals surface area contributed by atoms with Crippen LogP contribution in [0.2, 0.25) is 0 Å². The molecule has 7 nitrogen and oxygen atoms in total. The first-order chi connectivity index (χ1) is 10.9. The molecule has 2 aliphatic rings. The number of ketones is 1. The first kappa shape index (κ1) is 15.3. The van der Waals surface area contributed by atoms with Crippen LogP contribution in [-0.2, 0) is 19.5 Å². The van der Waals surface area contributed by atoms with E-state index in [1.807, 2.05) is 19.0 Å². The van der Waals surface area contributed by atoms with E-state index in [9.17, 15) is 14.7 Å². The second-order valence-corrected chi connectivity index (χ2v) is 6.26. The first-order valence-electron chi connectivity index (χ1n) is 7.51. The molecule has 0 atom stereocenters. The summed E-state index contributed by atoms with van der Waals surface area (Å²) in [6, 6.07) is 0. The van der Waals surface area contributed by atoms with Gasteiger partial charge in [0.25, 0.3) is 0 Å². The molecule has 1 N–H and O–H groups in total. The fraction of sp³-hybridized carbons (Fsp3) is 0.438. The Morgan fingerprint density at radius 3 is 2.78 bits per heavy atom. The number of hydrogen-bond donors (Lipinski definition) is 1. The van der Waals surface area contributed by atoms with Crippen LogP contribution in [0.5, 0.6) is 0 Å². The first-order valence-corrected chi connectivity index (χ1v) is 7.51. The molecule has 23 heavy (non-hydrogen) atoms. The lowest BCUT2D eigenvalue weighted by Gasteiger charge is -2.23. The number of allylic oxidation sites excluding steroid dienone is 2. The molecule has 1 aromatic heterocycles. The minimum Gasteiger partial charge on any atom is -0.465 e. The Morgan fingerprint density at radius 1 is 1.39 bits per heavy atom. The molecule has 0 saturated heterocycles. The van der Waals surface area contributed by atoms with Gasteiger partial charge in [-0.15, -0.1) is 0 Å². The van der Waals surface area contributed by atoms with Gasteiger partial charge in [-0.1, -0.05) is 12.2 Å².